The lowest BCUT2D eigenvalue weighted by atomic mass is 10.0. The Morgan fingerprint density at radius 3 is 1.14 bits per heavy atom. The second-order valence-electron chi connectivity index (χ2n) is 13.7. The molecule has 0 aliphatic carbocycles. The van der Waals surface area contributed by atoms with Gasteiger partial charge in [0.15, 0.2) is 11.6 Å². The molecule has 0 aliphatic heterocycles. The van der Waals surface area contributed by atoms with Gasteiger partial charge in [0.1, 0.15) is 11.4 Å². The molecule has 2 atom stereocenters. The molecule has 20 heteroatoms. The Bertz CT molecular complexity index is 2520. The highest BCUT2D eigenvalue weighted by atomic mass is 35.5. The number of Topliss-reactive ketones (excluding diaryl/α,β-unsaturated/α-hetero) is 2. The second kappa shape index (κ2) is 22.2. The molecule has 0 radical (unpaired) electrons. The van der Waals surface area contributed by atoms with Crippen LogP contribution in [0.1, 0.15) is 59.5 Å². The van der Waals surface area contributed by atoms with Crippen LogP contribution >= 0.6 is 69.6 Å². The number of halogens is 6. The summed E-state index contributed by atoms with van der Waals surface area (Å²) in [5, 5.41) is 27.9. The Morgan fingerprint density at radius 2 is 0.828 bits per heavy atom. The van der Waals surface area contributed by atoms with E-state index in [0.29, 0.717) is 35.3 Å². The molecule has 0 bridgehead atoms. The molecule has 0 heterocycles. The van der Waals surface area contributed by atoms with E-state index in [1.165, 1.54) is 50.2 Å². The maximum Gasteiger partial charge on any atom is 0.258 e. The van der Waals surface area contributed by atoms with Crippen LogP contribution in [0.3, 0.4) is 0 Å². The second-order valence-corrected chi connectivity index (χ2v) is 16.2. The third-order valence-electron chi connectivity index (χ3n) is 9.25. The number of carbonyl (C=O) groups excluding carboxylic acids is 6. The van der Waals surface area contributed by atoms with Crippen LogP contribution in [0.5, 0.6) is 0 Å². The summed E-state index contributed by atoms with van der Waals surface area (Å²) in [7, 11) is 0. The average Bonchev–Trinajstić information content (AvgIpc) is 3.24. The Labute approximate surface area is 397 Å². The van der Waals surface area contributed by atoms with Crippen molar-refractivity contribution in [3.63, 3.8) is 0 Å². The summed E-state index contributed by atoms with van der Waals surface area (Å²) in [5.41, 5.74) is 2.41. The number of rotatable bonds is 16. The number of carbonyl (C=O) groups is 6. The minimum absolute atomic E-state index is 0.00370. The molecule has 0 aliphatic rings. The van der Waals surface area contributed by atoms with Crippen LogP contribution in [0.25, 0.3) is 0 Å². The third-order valence-corrected chi connectivity index (χ3v) is 11.2. The monoisotopic (exact) mass is 982 g/mol. The number of hydrogen-bond acceptors (Lipinski definition) is 10. The molecular formula is C44H36Cl6N8O6. The summed E-state index contributed by atoms with van der Waals surface area (Å²) in [6, 6.07) is 17.8. The van der Waals surface area contributed by atoms with Gasteiger partial charge in [-0.25, -0.2) is 0 Å². The summed E-state index contributed by atoms with van der Waals surface area (Å²) in [5.74, 6) is -4.07. The lowest BCUT2D eigenvalue weighted by molar-refractivity contribution is -0.127. The summed E-state index contributed by atoms with van der Waals surface area (Å²) >= 11 is 37.5. The molecule has 4 N–H and O–H groups in total. The minimum atomic E-state index is -1.62. The fraction of sp³-hybridized carbons (Fsp3) is 0.182. The first-order valence-corrected chi connectivity index (χ1v) is 21.4. The average molecular weight is 986 g/mol. The van der Waals surface area contributed by atoms with E-state index in [2.05, 4.69) is 41.7 Å². The zero-order valence-electron chi connectivity index (χ0n) is 34.2. The van der Waals surface area contributed by atoms with Crippen molar-refractivity contribution in [1.29, 1.82) is 0 Å². The Kier molecular flexibility index (Phi) is 17.1. The molecule has 0 fully saturated rings. The summed E-state index contributed by atoms with van der Waals surface area (Å²) < 4.78 is 0. The van der Waals surface area contributed by atoms with E-state index in [1.54, 1.807) is 48.5 Å². The van der Waals surface area contributed by atoms with Gasteiger partial charge in [-0.05, 0) is 111 Å². The summed E-state index contributed by atoms with van der Waals surface area (Å²) in [6.07, 6.45) is 0.721. The van der Waals surface area contributed by atoms with Gasteiger partial charge in [0, 0.05) is 22.5 Å². The van der Waals surface area contributed by atoms with Gasteiger partial charge in [-0.15, -0.1) is 0 Å². The molecule has 0 spiro atoms. The number of nitrogens with one attached hydrogen (secondary N) is 4. The normalized spacial score (nSPS) is 12.2. The number of aryl methyl sites for hydroxylation is 2. The van der Waals surface area contributed by atoms with Crippen molar-refractivity contribution in [2.75, 3.05) is 21.3 Å². The number of anilines is 4. The Morgan fingerprint density at radius 1 is 0.484 bits per heavy atom. The van der Waals surface area contributed by atoms with Gasteiger partial charge < -0.3 is 21.3 Å². The number of para-hydroxylation sites is 2. The van der Waals surface area contributed by atoms with Crippen LogP contribution in [0.2, 0.25) is 30.1 Å². The first-order valence-electron chi connectivity index (χ1n) is 19.1. The molecule has 5 rings (SSSR count). The predicted molar refractivity (Wildman–Crippen MR) is 252 cm³/mol. The van der Waals surface area contributed by atoms with E-state index >= 15 is 0 Å². The molecule has 5 aromatic rings. The first kappa shape index (κ1) is 49.3. The highest BCUT2D eigenvalue weighted by Crippen LogP contribution is 2.34. The Balaban J connectivity index is 1.32. The van der Waals surface area contributed by atoms with E-state index in [4.69, 9.17) is 69.6 Å². The van der Waals surface area contributed by atoms with Gasteiger partial charge in [0.2, 0.25) is 12.1 Å². The van der Waals surface area contributed by atoms with Crippen molar-refractivity contribution in [1.82, 2.24) is 0 Å². The van der Waals surface area contributed by atoms with Crippen molar-refractivity contribution in [2.45, 2.75) is 52.6 Å². The van der Waals surface area contributed by atoms with Gasteiger partial charge in [-0.3, -0.25) is 28.8 Å². The molecule has 0 aromatic heterocycles. The van der Waals surface area contributed by atoms with Crippen LogP contribution in [0.15, 0.2) is 105 Å². The standard InChI is InChI=1S/C44H36Cl6N8O6/c1-5-23-17-34(52-44(64)38(22(4)60)58-56-36-20-26(14-16-28(36)46)42(62)54-40-31(49)11-8-12-32(40)50)24(6-2)18-33(23)51-43(63)37(21(3)59)57-55-35-19-25(13-15-27(35)45)41(61)53-39-29(47)9-7-10-30(39)48/h7-20,37-38H,5-6H2,1-4H3,(H,51,63)(H,52,64)(H,53,61)(H,54,62). The molecule has 2 unspecified atom stereocenters. The van der Waals surface area contributed by atoms with Crippen LogP contribution < -0.4 is 21.3 Å². The van der Waals surface area contributed by atoms with Crippen LogP contribution in [0, 0.1) is 0 Å². The van der Waals surface area contributed by atoms with Crippen molar-refractivity contribution in [2.24, 2.45) is 20.5 Å². The van der Waals surface area contributed by atoms with Gasteiger partial charge in [-0.2, -0.15) is 20.5 Å². The van der Waals surface area contributed by atoms with Crippen LogP contribution in [-0.4, -0.2) is 47.3 Å². The number of amides is 4. The van der Waals surface area contributed by atoms with E-state index < -0.39 is 47.3 Å². The van der Waals surface area contributed by atoms with Gasteiger partial charge in [0.05, 0.1) is 41.5 Å². The van der Waals surface area contributed by atoms with Crippen molar-refractivity contribution in [3.05, 3.63) is 137 Å². The molecule has 14 nitrogen and oxygen atoms in total. The predicted octanol–water partition coefficient (Wildman–Crippen LogP) is 12.6. The Hall–Kier alpha value is -5.74. The zero-order valence-corrected chi connectivity index (χ0v) is 38.7. The summed E-state index contributed by atoms with van der Waals surface area (Å²) in [6.45, 7) is 5.95. The first-order chi connectivity index (χ1) is 30.4. The van der Waals surface area contributed by atoms with Crippen molar-refractivity contribution in [3.8, 4) is 0 Å². The number of azo groups is 2. The fourth-order valence-corrected chi connectivity index (χ4v) is 7.15. The quantitative estimate of drug-likeness (QED) is 0.0560. The van der Waals surface area contributed by atoms with Crippen LogP contribution in [0.4, 0.5) is 34.1 Å². The highest BCUT2D eigenvalue weighted by molar-refractivity contribution is 6.41. The number of nitrogens with zero attached hydrogens (tertiary/aromatic N) is 4. The third kappa shape index (κ3) is 12.3. The van der Waals surface area contributed by atoms with E-state index in [-0.39, 0.29) is 64.0 Å². The minimum Gasteiger partial charge on any atom is -0.323 e. The lowest BCUT2D eigenvalue weighted by Crippen LogP contribution is -2.33. The number of ketones is 2. The van der Waals surface area contributed by atoms with Gasteiger partial charge in [0.25, 0.3) is 23.6 Å². The number of hydrogen-bond donors (Lipinski definition) is 4. The fourth-order valence-electron chi connectivity index (χ4n) is 5.85. The molecule has 64 heavy (non-hydrogen) atoms. The smallest absolute Gasteiger partial charge is 0.258 e. The van der Waals surface area contributed by atoms with Crippen molar-refractivity contribution >= 4 is 139 Å². The zero-order chi connectivity index (χ0) is 46.8. The molecule has 0 saturated heterocycles. The molecule has 0 saturated carbocycles. The maximum absolute atomic E-state index is 13.6. The van der Waals surface area contributed by atoms with Crippen LogP contribution in [-0.2, 0) is 32.0 Å². The van der Waals surface area contributed by atoms with E-state index in [1.807, 2.05) is 13.8 Å². The van der Waals surface area contributed by atoms with Crippen molar-refractivity contribution < 1.29 is 28.8 Å². The summed E-state index contributed by atoms with van der Waals surface area (Å²) in [4.78, 5) is 78.8. The number of benzene rings is 5. The topological polar surface area (TPSA) is 200 Å². The van der Waals surface area contributed by atoms with Gasteiger partial charge >= 0.3 is 0 Å². The molecule has 4 amide bonds. The molecule has 5 aromatic carbocycles. The molecular weight excluding hydrogens is 949 g/mol. The van der Waals surface area contributed by atoms with E-state index in [0.717, 1.165) is 0 Å². The van der Waals surface area contributed by atoms with E-state index in [9.17, 15) is 28.8 Å². The molecule has 330 valence electrons. The lowest BCUT2D eigenvalue weighted by Gasteiger charge is -2.18. The van der Waals surface area contributed by atoms with Gasteiger partial charge in [-0.1, -0.05) is 95.6 Å². The SMILES string of the molecule is CCc1cc(NC(=O)C(N=Nc2cc(C(=O)Nc3c(Cl)cccc3Cl)ccc2Cl)C(C)=O)c(CC)cc1NC(=O)C(N=Nc1cc(C(=O)Nc2c(Cl)cccc2Cl)ccc1Cl)C(C)=O. The maximum atomic E-state index is 13.6. The largest absolute Gasteiger partial charge is 0.323 e. The highest BCUT2D eigenvalue weighted by Gasteiger charge is 2.27.